The highest BCUT2D eigenvalue weighted by molar-refractivity contribution is 5.84. The Morgan fingerprint density at radius 3 is 2.79 bits per heavy atom. The first kappa shape index (κ1) is 15.0. The summed E-state index contributed by atoms with van der Waals surface area (Å²) in [7, 11) is 0. The molecule has 4 rings (SSSR count). The molecule has 0 aliphatic carbocycles. The maximum atomic E-state index is 9.68. The van der Waals surface area contributed by atoms with Crippen LogP contribution in [0.1, 0.15) is 24.0 Å². The van der Waals surface area contributed by atoms with Gasteiger partial charge >= 0.3 is 0 Å². The highest BCUT2D eigenvalue weighted by Gasteiger charge is 2.16. The maximum absolute atomic E-state index is 9.68. The van der Waals surface area contributed by atoms with Gasteiger partial charge in [0.2, 0.25) is 0 Å². The van der Waals surface area contributed by atoms with E-state index in [-0.39, 0.29) is 5.88 Å². The smallest absolute Gasteiger partial charge is 0.189 e. The lowest BCUT2D eigenvalue weighted by Crippen LogP contribution is -2.33. The molecule has 3 heteroatoms. The quantitative estimate of drug-likeness (QED) is 0.673. The van der Waals surface area contributed by atoms with E-state index in [1.165, 1.54) is 16.7 Å². The lowest BCUT2D eigenvalue weighted by molar-refractivity contribution is 0.458. The number of aromatic amines is 1. The number of hydrogen-bond donors (Lipinski definition) is 3. The van der Waals surface area contributed by atoms with Crippen LogP contribution in [0.5, 0.6) is 5.88 Å². The van der Waals surface area contributed by atoms with Gasteiger partial charge in [0.25, 0.3) is 0 Å². The van der Waals surface area contributed by atoms with Crippen molar-refractivity contribution in [3.63, 3.8) is 0 Å². The summed E-state index contributed by atoms with van der Waals surface area (Å²) >= 11 is 0. The summed E-state index contributed by atoms with van der Waals surface area (Å²) in [4.78, 5) is 3.00. The number of hydrogen-bond acceptors (Lipinski definition) is 2. The standard InChI is InChI=1S/C21H22N2O/c24-21-14-19-16(7-4-8-20(19)23-21)9-10-18-13-17(11-12-22-18)15-5-2-1-3-6-15/h1-8,11,14,18,22-24H,9-10,12-13H2. The van der Waals surface area contributed by atoms with Crippen molar-refractivity contribution in [3.8, 4) is 5.88 Å². The molecule has 1 atom stereocenters. The molecule has 0 saturated carbocycles. The molecule has 24 heavy (non-hydrogen) atoms. The molecule has 122 valence electrons. The van der Waals surface area contributed by atoms with Crippen LogP contribution < -0.4 is 5.32 Å². The van der Waals surface area contributed by atoms with E-state index in [0.29, 0.717) is 6.04 Å². The Hall–Kier alpha value is -2.52. The first-order valence-electron chi connectivity index (χ1n) is 8.57. The molecule has 0 radical (unpaired) electrons. The summed E-state index contributed by atoms with van der Waals surface area (Å²) in [6, 6.07) is 19.2. The summed E-state index contributed by atoms with van der Waals surface area (Å²) in [6.07, 6.45) is 5.47. The number of aryl methyl sites for hydroxylation is 1. The molecule has 0 saturated heterocycles. The van der Waals surface area contributed by atoms with E-state index in [2.05, 4.69) is 58.8 Å². The van der Waals surface area contributed by atoms with Crippen LogP contribution in [-0.4, -0.2) is 22.7 Å². The molecule has 2 aromatic carbocycles. The number of nitrogens with one attached hydrogen (secondary N) is 2. The van der Waals surface area contributed by atoms with E-state index in [0.717, 1.165) is 36.7 Å². The number of aromatic hydroxyl groups is 1. The predicted molar refractivity (Wildman–Crippen MR) is 99.1 cm³/mol. The Morgan fingerprint density at radius 2 is 1.92 bits per heavy atom. The Kier molecular flexibility index (Phi) is 4.09. The lowest BCUT2D eigenvalue weighted by atomic mass is 9.92. The van der Waals surface area contributed by atoms with Crippen molar-refractivity contribution in [1.29, 1.82) is 0 Å². The van der Waals surface area contributed by atoms with E-state index < -0.39 is 0 Å². The third kappa shape index (κ3) is 3.08. The van der Waals surface area contributed by atoms with Crippen molar-refractivity contribution in [3.05, 3.63) is 71.8 Å². The van der Waals surface area contributed by atoms with Crippen LogP contribution in [0.15, 0.2) is 60.7 Å². The summed E-state index contributed by atoms with van der Waals surface area (Å²) in [5.41, 5.74) is 5.08. The maximum Gasteiger partial charge on any atom is 0.189 e. The number of fused-ring (bicyclic) bond motifs is 1. The van der Waals surface area contributed by atoms with Crippen LogP contribution in [0, 0.1) is 0 Å². The zero-order chi connectivity index (χ0) is 16.4. The van der Waals surface area contributed by atoms with Crippen molar-refractivity contribution in [2.75, 3.05) is 6.54 Å². The van der Waals surface area contributed by atoms with Gasteiger partial charge < -0.3 is 15.4 Å². The molecule has 1 aromatic heterocycles. The van der Waals surface area contributed by atoms with E-state index in [9.17, 15) is 5.11 Å². The molecule has 3 aromatic rings. The topological polar surface area (TPSA) is 48.0 Å². The first-order chi connectivity index (χ1) is 11.8. The molecule has 2 heterocycles. The average Bonchev–Trinajstić information content (AvgIpc) is 3.02. The summed E-state index contributed by atoms with van der Waals surface area (Å²) in [5, 5.41) is 14.4. The van der Waals surface area contributed by atoms with Gasteiger partial charge in [0, 0.05) is 29.6 Å². The van der Waals surface area contributed by atoms with Crippen LogP contribution in [0.25, 0.3) is 16.5 Å². The fraction of sp³-hybridized carbons (Fsp3) is 0.238. The second kappa shape index (κ2) is 6.54. The second-order valence-electron chi connectivity index (χ2n) is 6.48. The molecular weight excluding hydrogens is 296 g/mol. The number of aromatic nitrogens is 1. The summed E-state index contributed by atoms with van der Waals surface area (Å²) in [5.74, 6) is 0.238. The normalized spacial score (nSPS) is 17.8. The van der Waals surface area contributed by atoms with Gasteiger partial charge in [-0.3, -0.25) is 0 Å². The molecule has 0 amide bonds. The SMILES string of the molecule is Oc1cc2c(CCC3CC(c4ccccc4)=CCN3)cccc2[nH]1. The van der Waals surface area contributed by atoms with Gasteiger partial charge in [0.15, 0.2) is 5.88 Å². The van der Waals surface area contributed by atoms with Gasteiger partial charge in [-0.05, 0) is 42.0 Å². The Labute approximate surface area is 142 Å². The molecule has 0 spiro atoms. The van der Waals surface area contributed by atoms with Gasteiger partial charge in [-0.1, -0.05) is 48.5 Å². The Bertz CT molecular complexity index is 864. The van der Waals surface area contributed by atoms with Crippen LogP contribution in [0.3, 0.4) is 0 Å². The molecule has 0 fully saturated rings. The third-order valence-electron chi connectivity index (χ3n) is 4.87. The van der Waals surface area contributed by atoms with Crippen molar-refractivity contribution < 1.29 is 5.11 Å². The van der Waals surface area contributed by atoms with E-state index >= 15 is 0 Å². The second-order valence-corrected chi connectivity index (χ2v) is 6.48. The Balaban J connectivity index is 1.45. The number of H-pyrrole nitrogens is 1. The van der Waals surface area contributed by atoms with Crippen LogP contribution in [0.4, 0.5) is 0 Å². The van der Waals surface area contributed by atoms with Crippen LogP contribution >= 0.6 is 0 Å². The zero-order valence-electron chi connectivity index (χ0n) is 13.6. The van der Waals surface area contributed by atoms with Crippen molar-refractivity contribution >= 4 is 16.5 Å². The van der Waals surface area contributed by atoms with Gasteiger partial charge in [0.1, 0.15) is 0 Å². The fourth-order valence-electron chi connectivity index (χ4n) is 3.61. The van der Waals surface area contributed by atoms with Crippen molar-refractivity contribution in [1.82, 2.24) is 10.3 Å². The minimum Gasteiger partial charge on any atom is -0.495 e. The van der Waals surface area contributed by atoms with Gasteiger partial charge in [-0.2, -0.15) is 0 Å². The van der Waals surface area contributed by atoms with Crippen LogP contribution in [-0.2, 0) is 6.42 Å². The molecule has 1 unspecified atom stereocenters. The van der Waals surface area contributed by atoms with E-state index in [1.807, 2.05) is 12.1 Å². The van der Waals surface area contributed by atoms with Gasteiger partial charge in [-0.15, -0.1) is 0 Å². The zero-order valence-corrected chi connectivity index (χ0v) is 13.6. The average molecular weight is 318 g/mol. The van der Waals surface area contributed by atoms with Crippen molar-refractivity contribution in [2.24, 2.45) is 0 Å². The first-order valence-corrected chi connectivity index (χ1v) is 8.57. The number of rotatable bonds is 4. The molecule has 1 aliphatic heterocycles. The van der Waals surface area contributed by atoms with Gasteiger partial charge in [-0.25, -0.2) is 0 Å². The fourth-order valence-corrected chi connectivity index (χ4v) is 3.61. The third-order valence-corrected chi connectivity index (χ3v) is 4.87. The molecule has 0 bridgehead atoms. The van der Waals surface area contributed by atoms with Gasteiger partial charge in [0.05, 0.1) is 0 Å². The highest BCUT2D eigenvalue weighted by Crippen LogP contribution is 2.27. The Morgan fingerprint density at radius 1 is 1.04 bits per heavy atom. The van der Waals surface area contributed by atoms with Crippen molar-refractivity contribution in [2.45, 2.75) is 25.3 Å². The minimum atomic E-state index is 0.238. The molecule has 3 N–H and O–H groups in total. The lowest BCUT2D eigenvalue weighted by Gasteiger charge is -2.24. The molecule has 3 nitrogen and oxygen atoms in total. The van der Waals surface area contributed by atoms with Crippen LogP contribution in [0.2, 0.25) is 0 Å². The number of benzene rings is 2. The minimum absolute atomic E-state index is 0.238. The summed E-state index contributed by atoms with van der Waals surface area (Å²) < 4.78 is 0. The predicted octanol–water partition coefficient (Wildman–Crippen LogP) is 4.25. The largest absolute Gasteiger partial charge is 0.495 e. The molecular formula is C21H22N2O. The molecule has 1 aliphatic rings. The van der Waals surface area contributed by atoms with E-state index in [4.69, 9.17) is 0 Å². The highest BCUT2D eigenvalue weighted by atomic mass is 16.3. The van der Waals surface area contributed by atoms with E-state index in [1.54, 1.807) is 0 Å². The summed E-state index contributed by atoms with van der Waals surface area (Å²) in [6.45, 7) is 0.935. The monoisotopic (exact) mass is 318 g/mol.